The third-order valence-electron chi connectivity index (χ3n) is 6.61. The highest BCUT2D eigenvalue weighted by Gasteiger charge is 2.79. The van der Waals surface area contributed by atoms with Crippen LogP contribution in [-0.4, -0.2) is 57.9 Å². The van der Waals surface area contributed by atoms with E-state index in [4.69, 9.17) is 28.2 Å². The molecule has 3 aliphatic rings. The van der Waals surface area contributed by atoms with E-state index in [9.17, 15) is 9.59 Å². The quantitative estimate of drug-likeness (QED) is 0.501. The van der Waals surface area contributed by atoms with E-state index in [1.54, 1.807) is 47.4 Å². The Morgan fingerprint density at radius 1 is 1.32 bits per heavy atom. The molecule has 3 aliphatic heterocycles. The van der Waals surface area contributed by atoms with E-state index in [1.165, 1.54) is 11.8 Å². The molecular weight excluding hydrogens is 454 g/mol. The number of likely N-dealkylation sites (tertiary alicyclic amines) is 1. The third-order valence-corrected chi connectivity index (χ3v) is 8.79. The molecule has 0 radical (unpaired) electrons. The maximum atomic E-state index is 14.2. The van der Waals surface area contributed by atoms with Crippen molar-refractivity contribution in [2.45, 2.75) is 16.2 Å². The second-order valence-corrected chi connectivity index (χ2v) is 10.3. The van der Waals surface area contributed by atoms with Crippen molar-refractivity contribution in [1.29, 1.82) is 0 Å². The summed E-state index contributed by atoms with van der Waals surface area (Å²) in [7, 11) is 3.61. The van der Waals surface area contributed by atoms with Crippen molar-refractivity contribution in [3.63, 3.8) is 0 Å². The number of benzene rings is 1. The number of halogens is 1. The molecule has 5 rings (SSSR count). The average molecular weight is 474 g/mol. The Morgan fingerprint density at radius 3 is 2.77 bits per heavy atom. The van der Waals surface area contributed by atoms with Gasteiger partial charge in [0.2, 0.25) is 5.91 Å². The minimum absolute atomic E-state index is 0.176. The molecule has 3 unspecified atom stereocenters. The summed E-state index contributed by atoms with van der Waals surface area (Å²) in [5, 5.41) is 0.507. The molecule has 2 fully saturated rings. The van der Waals surface area contributed by atoms with Gasteiger partial charge in [-0.2, -0.15) is 0 Å². The fourth-order valence-electron chi connectivity index (χ4n) is 5.40. The number of nitrogens with zero attached hydrogens (tertiary/aromatic N) is 3. The Bertz CT molecular complexity index is 1140. The molecule has 0 saturated carbocycles. The molecule has 0 bridgehead atoms. The normalized spacial score (nSPS) is 30.3. The van der Waals surface area contributed by atoms with Crippen LogP contribution in [0.4, 0.5) is 5.69 Å². The number of anilines is 1. The number of furan rings is 1. The van der Waals surface area contributed by atoms with E-state index >= 15 is 0 Å². The molecule has 1 aromatic carbocycles. The molecule has 1 aromatic heterocycles. The monoisotopic (exact) mass is 473 g/mol. The number of likely N-dealkylation sites (N-methyl/N-ethyl adjacent to an activating group) is 2. The smallest absolute Gasteiger partial charge is 0.254 e. The molecule has 3 atom stereocenters. The molecule has 2 aromatic rings. The fourth-order valence-corrected chi connectivity index (χ4v) is 7.69. The highest BCUT2D eigenvalue weighted by molar-refractivity contribution is 8.25. The zero-order valence-corrected chi connectivity index (χ0v) is 19.4. The average Bonchev–Trinajstić information content (AvgIpc) is 3.45. The van der Waals surface area contributed by atoms with Crippen molar-refractivity contribution >= 4 is 57.4 Å². The topological polar surface area (TPSA) is 57.0 Å². The van der Waals surface area contributed by atoms with Gasteiger partial charge in [0.15, 0.2) is 5.54 Å². The molecule has 0 aliphatic carbocycles. The number of fused-ring (bicyclic) bond motifs is 3. The van der Waals surface area contributed by atoms with Crippen molar-refractivity contribution in [2.24, 2.45) is 0 Å². The first kappa shape index (κ1) is 20.8. The summed E-state index contributed by atoms with van der Waals surface area (Å²) in [5.74, 6) is -0.119. The van der Waals surface area contributed by atoms with Gasteiger partial charge in [0.1, 0.15) is 14.8 Å². The molecular formula is C22H20ClN3O3S2. The minimum Gasteiger partial charge on any atom is -0.469 e. The minimum atomic E-state index is -1.28. The summed E-state index contributed by atoms with van der Waals surface area (Å²) < 4.78 is 4.98. The molecule has 160 valence electrons. The zero-order valence-electron chi connectivity index (χ0n) is 17.0. The van der Waals surface area contributed by atoms with Gasteiger partial charge in [-0.3, -0.25) is 19.4 Å². The standard InChI is InChI=1S/C22H20ClN3O3S2/c1-4-9-26-19(28)22(31-20(26)30)15(17-6-5-10-29-17)12-24(2)21(22)14-11-13(23)7-8-16(14)25(3)18(21)27/h4-8,10-11,15H,1,9,12H2,2-3H3. The van der Waals surface area contributed by atoms with Gasteiger partial charge in [-0.1, -0.05) is 41.7 Å². The van der Waals surface area contributed by atoms with Gasteiger partial charge in [-0.05, 0) is 37.4 Å². The molecule has 2 amide bonds. The SMILES string of the molecule is C=CCN1C(=O)C2(SC1=S)C(c1ccco1)CN(C)C21C(=O)N(C)c2ccc(Cl)cc21. The van der Waals surface area contributed by atoms with Crippen LogP contribution < -0.4 is 4.90 Å². The molecule has 9 heteroatoms. The Balaban J connectivity index is 1.85. The molecule has 6 nitrogen and oxygen atoms in total. The number of hydrogen-bond acceptors (Lipinski definition) is 6. The van der Waals surface area contributed by atoms with Gasteiger partial charge in [0.05, 0.1) is 12.2 Å². The fraction of sp³-hybridized carbons (Fsp3) is 0.318. The molecule has 2 saturated heterocycles. The summed E-state index contributed by atoms with van der Waals surface area (Å²) in [4.78, 5) is 33.4. The maximum absolute atomic E-state index is 14.2. The van der Waals surface area contributed by atoms with Crippen LogP contribution in [0, 0.1) is 0 Å². The predicted octanol–water partition coefficient (Wildman–Crippen LogP) is 3.62. The van der Waals surface area contributed by atoms with Crippen LogP contribution in [0.15, 0.2) is 53.7 Å². The second kappa shape index (κ2) is 6.93. The van der Waals surface area contributed by atoms with E-state index in [0.717, 1.165) is 5.69 Å². The number of hydrogen-bond donors (Lipinski definition) is 0. The lowest BCUT2D eigenvalue weighted by Gasteiger charge is -2.41. The van der Waals surface area contributed by atoms with E-state index in [-0.39, 0.29) is 24.3 Å². The Hall–Kier alpha value is -2.13. The van der Waals surface area contributed by atoms with Gasteiger partial charge < -0.3 is 9.32 Å². The zero-order chi connectivity index (χ0) is 22.1. The molecule has 0 N–H and O–H groups in total. The number of carbonyl (C=O) groups excluding carboxylic acids is 2. The number of thioether (sulfide) groups is 1. The first-order valence-electron chi connectivity index (χ1n) is 9.79. The van der Waals surface area contributed by atoms with Crippen LogP contribution in [0.25, 0.3) is 0 Å². The Morgan fingerprint density at radius 2 is 2.10 bits per heavy atom. The first-order chi connectivity index (χ1) is 14.8. The van der Waals surface area contributed by atoms with Crippen molar-refractivity contribution < 1.29 is 14.0 Å². The van der Waals surface area contributed by atoms with Crippen molar-refractivity contribution in [3.05, 3.63) is 65.6 Å². The van der Waals surface area contributed by atoms with E-state index in [2.05, 4.69) is 6.58 Å². The molecule has 31 heavy (non-hydrogen) atoms. The largest absolute Gasteiger partial charge is 0.469 e. The second-order valence-electron chi connectivity index (χ2n) is 7.99. The van der Waals surface area contributed by atoms with Crippen molar-refractivity contribution in [2.75, 3.05) is 32.1 Å². The summed E-state index contributed by atoms with van der Waals surface area (Å²) in [6.45, 7) is 4.50. The van der Waals surface area contributed by atoms with Gasteiger partial charge in [-0.25, -0.2) is 0 Å². The summed E-state index contributed by atoms with van der Waals surface area (Å²) in [6, 6.07) is 9.04. The summed E-state index contributed by atoms with van der Waals surface area (Å²) >= 11 is 13.3. The Kier molecular flexibility index (Phi) is 4.64. The summed E-state index contributed by atoms with van der Waals surface area (Å²) in [5.41, 5.74) is 0.177. The lowest BCUT2D eigenvalue weighted by Crippen LogP contribution is -2.62. The van der Waals surface area contributed by atoms with E-state index in [0.29, 0.717) is 27.2 Å². The predicted molar refractivity (Wildman–Crippen MR) is 125 cm³/mol. The third kappa shape index (κ3) is 2.36. The highest BCUT2D eigenvalue weighted by atomic mass is 35.5. The maximum Gasteiger partial charge on any atom is 0.254 e. The molecule has 2 spiro atoms. The highest BCUT2D eigenvalue weighted by Crippen LogP contribution is 2.66. The van der Waals surface area contributed by atoms with Crippen molar-refractivity contribution in [3.8, 4) is 0 Å². The van der Waals surface area contributed by atoms with Gasteiger partial charge in [0, 0.05) is 36.4 Å². The lowest BCUT2D eigenvalue weighted by atomic mass is 9.73. The summed E-state index contributed by atoms with van der Waals surface area (Å²) in [6.07, 6.45) is 3.23. The van der Waals surface area contributed by atoms with Crippen LogP contribution in [0.5, 0.6) is 0 Å². The first-order valence-corrected chi connectivity index (χ1v) is 11.4. The van der Waals surface area contributed by atoms with E-state index < -0.39 is 10.3 Å². The van der Waals surface area contributed by atoms with Gasteiger partial charge in [0.25, 0.3) is 5.91 Å². The number of rotatable bonds is 3. The number of thiocarbonyl (C=S) groups is 1. The molecule has 4 heterocycles. The Labute approximate surface area is 194 Å². The van der Waals surface area contributed by atoms with E-state index in [1.807, 2.05) is 24.1 Å². The van der Waals surface area contributed by atoms with Gasteiger partial charge in [-0.15, -0.1) is 6.58 Å². The number of carbonyl (C=O) groups is 2. The van der Waals surface area contributed by atoms with Crippen LogP contribution in [0.2, 0.25) is 5.02 Å². The van der Waals surface area contributed by atoms with Crippen molar-refractivity contribution in [1.82, 2.24) is 9.80 Å². The van der Waals surface area contributed by atoms with Crippen LogP contribution in [0.1, 0.15) is 17.2 Å². The van der Waals surface area contributed by atoms with Crippen LogP contribution in [-0.2, 0) is 15.1 Å². The lowest BCUT2D eigenvalue weighted by molar-refractivity contribution is -0.138. The number of amides is 2. The van der Waals surface area contributed by atoms with Crippen LogP contribution in [0.3, 0.4) is 0 Å². The van der Waals surface area contributed by atoms with Crippen LogP contribution >= 0.6 is 35.6 Å². The van der Waals surface area contributed by atoms with Gasteiger partial charge >= 0.3 is 0 Å².